The summed E-state index contributed by atoms with van der Waals surface area (Å²) in [5.74, 6) is 0.928. The van der Waals surface area contributed by atoms with E-state index in [0.717, 1.165) is 31.2 Å². The Kier molecular flexibility index (Phi) is 6.74. The van der Waals surface area contributed by atoms with Crippen LogP contribution in [0.5, 0.6) is 0 Å². The van der Waals surface area contributed by atoms with Crippen LogP contribution in [0.15, 0.2) is 34.7 Å². The number of methoxy groups -OCH3 is 1. The highest BCUT2D eigenvalue weighted by Crippen LogP contribution is 2.31. The molecule has 2 aromatic rings. The minimum atomic E-state index is -0.194. The van der Waals surface area contributed by atoms with Gasteiger partial charge in [0.1, 0.15) is 12.6 Å². The predicted molar refractivity (Wildman–Crippen MR) is 95.4 cm³/mol. The Bertz CT molecular complexity index is 689. The van der Waals surface area contributed by atoms with Crippen LogP contribution in [0.2, 0.25) is 0 Å². The number of nitrogens with zero attached hydrogens (tertiary/aromatic N) is 3. The first-order chi connectivity index (χ1) is 12.8. The summed E-state index contributed by atoms with van der Waals surface area (Å²) in [4.78, 5) is 14.5. The van der Waals surface area contributed by atoms with Crippen molar-refractivity contribution in [3.05, 3.63) is 36.2 Å². The molecule has 7 nitrogen and oxygen atoms in total. The van der Waals surface area contributed by atoms with E-state index in [1.165, 1.54) is 0 Å². The summed E-state index contributed by atoms with van der Waals surface area (Å²) in [7, 11) is 1.61. The molecule has 0 aliphatic carbocycles. The number of hydrogen-bond donors (Lipinski definition) is 0. The summed E-state index contributed by atoms with van der Waals surface area (Å²) in [6, 6.07) is 9.46. The Balaban J connectivity index is 1.72. The average molecular weight is 359 g/mol. The topological polar surface area (TPSA) is 77.7 Å². The molecule has 1 unspecified atom stereocenters. The van der Waals surface area contributed by atoms with E-state index in [2.05, 4.69) is 10.2 Å². The molecule has 0 spiro atoms. The van der Waals surface area contributed by atoms with Gasteiger partial charge in [-0.25, -0.2) is 0 Å². The van der Waals surface area contributed by atoms with Gasteiger partial charge in [0.15, 0.2) is 0 Å². The highest BCUT2D eigenvalue weighted by atomic mass is 16.5. The third-order valence-corrected chi connectivity index (χ3v) is 4.48. The van der Waals surface area contributed by atoms with Crippen LogP contribution >= 0.6 is 0 Å². The van der Waals surface area contributed by atoms with Crippen LogP contribution in [-0.2, 0) is 14.3 Å². The molecule has 0 radical (unpaired) electrons. The predicted octanol–water partition coefficient (Wildman–Crippen LogP) is 2.84. The molecule has 0 bridgehead atoms. The molecule has 0 saturated carbocycles. The smallest absolute Gasteiger partial charge is 0.249 e. The quantitative estimate of drug-likeness (QED) is 0.708. The molecule has 0 N–H and O–H groups in total. The van der Waals surface area contributed by atoms with Crippen molar-refractivity contribution in [2.75, 3.05) is 33.5 Å². The summed E-state index contributed by atoms with van der Waals surface area (Å²) >= 11 is 0. The van der Waals surface area contributed by atoms with Crippen molar-refractivity contribution < 1.29 is 18.7 Å². The second-order valence-corrected chi connectivity index (χ2v) is 6.31. The van der Waals surface area contributed by atoms with Gasteiger partial charge in [0.2, 0.25) is 17.7 Å². The van der Waals surface area contributed by atoms with Crippen LogP contribution in [0.1, 0.15) is 37.6 Å². The van der Waals surface area contributed by atoms with E-state index in [-0.39, 0.29) is 18.6 Å². The molecule has 1 aliphatic heterocycles. The van der Waals surface area contributed by atoms with E-state index in [0.29, 0.717) is 31.5 Å². The summed E-state index contributed by atoms with van der Waals surface area (Å²) in [5, 5.41) is 8.40. The van der Waals surface area contributed by atoms with Crippen LogP contribution in [-0.4, -0.2) is 54.5 Å². The van der Waals surface area contributed by atoms with Gasteiger partial charge in [-0.3, -0.25) is 4.79 Å². The fourth-order valence-electron chi connectivity index (χ4n) is 3.11. The first-order valence-corrected chi connectivity index (χ1v) is 9.04. The van der Waals surface area contributed by atoms with Crippen molar-refractivity contribution in [1.29, 1.82) is 0 Å². The lowest BCUT2D eigenvalue weighted by Crippen LogP contribution is -2.37. The fraction of sp³-hybridized carbons (Fsp3) is 0.526. The number of hydrogen-bond acceptors (Lipinski definition) is 6. The van der Waals surface area contributed by atoms with E-state index in [1.54, 1.807) is 7.11 Å². The van der Waals surface area contributed by atoms with E-state index < -0.39 is 0 Å². The van der Waals surface area contributed by atoms with Crippen molar-refractivity contribution in [1.82, 2.24) is 15.1 Å². The molecule has 1 fully saturated rings. The van der Waals surface area contributed by atoms with Gasteiger partial charge in [0, 0.05) is 19.2 Å². The molecular formula is C19H25N3O4. The number of likely N-dealkylation sites (tertiary alicyclic amines) is 1. The average Bonchev–Trinajstić information content (AvgIpc) is 3.03. The number of aromatic nitrogens is 2. The third kappa shape index (κ3) is 4.68. The lowest BCUT2D eigenvalue weighted by Gasteiger charge is -2.27. The number of benzene rings is 1. The van der Waals surface area contributed by atoms with Gasteiger partial charge < -0.3 is 18.8 Å². The van der Waals surface area contributed by atoms with E-state index >= 15 is 0 Å². The third-order valence-electron chi connectivity index (χ3n) is 4.48. The molecule has 1 saturated heterocycles. The Morgan fingerprint density at radius 1 is 1.19 bits per heavy atom. The highest BCUT2D eigenvalue weighted by molar-refractivity contribution is 5.77. The molecule has 1 atom stereocenters. The molecule has 1 aromatic carbocycles. The van der Waals surface area contributed by atoms with E-state index in [9.17, 15) is 4.79 Å². The maximum atomic E-state index is 12.6. The van der Waals surface area contributed by atoms with Crippen molar-refractivity contribution in [2.45, 2.75) is 31.7 Å². The number of rotatable bonds is 7. The van der Waals surface area contributed by atoms with E-state index in [1.807, 2.05) is 35.2 Å². The highest BCUT2D eigenvalue weighted by Gasteiger charge is 2.30. The number of carbonyl (C=O) groups excluding carboxylic acids is 1. The largest absolute Gasteiger partial charge is 0.418 e. The fourth-order valence-corrected chi connectivity index (χ4v) is 3.11. The van der Waals surface area contributed by atoms with Gasteiger partial charge in [-0.2, -0.15) is 0 Å². The maximum Gasteiger partial charge on any atom is 0.249 e. The molecular weight excluding hydrogens is 334 g/mol. The molecule has 1 aromatic heterocycles. The number of carbonyl (C=O) groups is 1. The zero-order valence-electron chi connectivity index (χ0n) is 15.1. The zero-order chi connectivity index (χ0) is 18.2. The minimum absolute atomic E-state index is 0.0412. The minimum Gasteiger partial charge on any atom is -0.418 e. The van der Waals surface area contributed by atoms with Crippen LogP contribution in [0.3, 0.4) is 0 Å². The molecule has 3 rings (SSSR count). The summed E-state index contributed by atoms with van der Waals surface area (Å²) in [6.45, 7) is 1.60. The van der Waals surface area contributed by atoms with Gasteiger partial charge in [0.25, 0.3) is 0 Å². The van der Waals surface area contributed by atoms with Gasteiger partial charge in [-0.15, -0.1) is 10.2 Å². The second kappa shape index (κ2) is 9.45. The van der Waals surface area contributed by atoms with E-state index in [4.69, 9.17) is 13.9 Å². The molecule has 1 aliphatic rings. The van der Waals surface area contributed by atoms with Crippen LogP contribution < -0.4 is 0 Å². The Labute approximate surface area is 153 Å². The van der Waals surface area contributed by atoms with Crippen molar-refractivity contribution in [2.24, 2.45) is 0 Å². The van der Waals surface area contributed by atoms with Gasteiger partial charge in [-0.1, -0.05) is 31.0 Å². The standard InChI is InChI=1S/C19H25N3O4/c1-24-12-13-25-14-17(23)22-11-7-3-6-10-16(22)19-21-20-18(26-19)15-8-4-2-5-9-15/h2,4-5,8-9,16H,3,6-7,10-14H2,1H3. The lowest BCUT2D eigenvalue weighted by atomic mass is 10.1. The Morgan fingerprint density at radius 3 is 2.85 bits per heavy atom. The molecule has 7 heteroatoms. The summed E-state index contributed by atoms with van der Waals surface area (Å²) in [5.41, 5.74) is 0.876. The molecule has 1 amide bonds. The first-order valence-electron chi connectivity index (χ1n) is 9.04. The number of amides is 1. The second-order valence-electron chi connectivity index (χ2n) is 6.31. The van der Waals surface area contributed by atoms with Crippen LogP contribution in [0.4, 0.5) is 0 Å². The SMILES string of the molecule is COCCOCC(=O)N1CCCCCC1c1nnc(-c2ccccc2)o1. The summed E-state index contributed by atoms with van der Waals surface area (Å²) < 4.78 is 16.3. The van der Waals surface area contributed by atoms with Crippen molar-refractivity contribution in [3.8, 4) is 11.5 Å². The van der Waals surface area contributed by atoms with Gasteiger partial charge >= 0.3 is 0 Å². The van der Waals surface area contributed by atoms with Crippen molar-refractivity contribution in [3.63, 3.8) is 0 Å². The summed E-state index contributed by atoms with van der Waals surface area (Å²) in [6.07, 6.45) is 3.91. The lowest BCUT2D eigenvalue weighted by molar-refractivity contribution is -0.139. The van der Waals surface area contributed by atoms with Crippen molar-refractivity contribution >= 4 is 5.91 Å². The molecule has 2 heterocycles. The normalized spacial score (nSPS) is 17.9. The number of ether oxygens (including phenoxy) is 2. The Hall–Kier alpha value is -2.25. The molecule has 140 valence electrons. The first kappa shape index (κ1) is 18.5. The Morgan fingerprint density at radius 2 is 2.04 bits per heavy atom. The van der Waals surface area contributed by atoms with Gasteiger partial charge in [0.05, 0.1) is 13.2 Å². The molecule has 26 heavy (non-hydrogen) atoms. The maximum absolute atomic E-state index is 12.6. The van der Waals surface area contributed by atoms with Crippen LogP contribution in [0, 0.1) is 0 Å². The monoisotopic (exact) mass is 359 g/mol. The van der Waals surface area contributed by atoms with Gasteiger partial charge in [-0.05, 0) is 25.0 Å². The zero-order valence-corrected chi connectivity index (χ0v) is 15.1. The van der Waals surface area contributed by atoms with Crippen LogP contribution in [0.25, 0.3) is 11.5 Å².